The summed E-state index contributed by atoms with van der Waals surface area (Å²) < 4.78 is 6.12. The number of esters is 1. The first-order valence-electron chi connectivity index (χ1n) is 11.4. The third kappa shape index (κ3) is 5.15. The van der Waals surface area contributed by atoms with Gasteiger partial charge >= 0.3 is 5.97 Å². The van der Waals surface area contributed by atoms with Gasteiger partial charge in [0.15, 0.2) is 0 Å². The summed E-state index contributed by atoms with van der Waals surface area (Å²) in [6, 6.07) is 36.0. The average Bonchev–Trinajstić information content (AvgIpc) is 2.91. The first-order chi connectivity index (χ1) is 17.1. The molecule has 35 heavy (non-hydrogen) atoms. The quantitative estimate of drug-likeness (QED) is 0.171. The molecule has 0 saturated heterocycles. The number of methoxy groups -OCH3 is 1. The fourth-order valence-electron chi connectivity index (χ4n) is 4.44. The number of rotatable bonds is 8. The van der Waals surface area contributed by atoms with Crippen molar-refractivity contribution in [3.8, 4) is 0 Å². The van der Waals surface area contributed by atoms with Crippen LogP contribution in [0.5, 0.6) is 0 Å². The van der Waals surface area contributed by atoms with E-state index in [9.17, 15) is 9.59 Å². The lowest BCUT2D eigenvalue weighted by Crippen LogP contribution is -2.52. The van der Waals surface area contributed by atoms with Crippen molar-refractivity contribution in [3.05, 3.63) is 141 Å². The molecule has 0 saturated carbocycles. The fraction of sp³-hybridized carbons (Fsp3) is 0.133. The molecule has 0 unspecified atom stereocenters. The number of ether oxygens (including phenoxy) is 1. The van der Waals surface area contributed by atoms with Gasteiger partial charge in [0.2, 0.25) is 5.91 Å². The van der Waals surface area contributed by atoms with Crippen LogP contribution >= 0.6 is 22.6 Å². The molecule has 0 bridgehead atoms. The zero-order valence-corrected chi connectivity index (χ0v) is 21.5. The molecule has 0 fully saturated rings. The van der Waals surface area contributed by atoms with Gasteiger partial charge in [-0.15, -0.1) is 0 Å². The number of hydrogen-bond acceptors (Lipinski definition) is 3. The fourth-order valence-corrected chi connectivity index (χ4v) is 5.05. The Kier molecular flexibility index (Phi) is 7.98. The lowest BCUT2D eigenvalue weighted by atomic mass is 9.68. The van der Waals surface area contributed by atoms with Gasteiger partial charge in [0.25, 0.3) is 0 Å². The maximum absolute atomic E-state index is 14.5. The highest BCUT2D eigenvalue weighted by Crippen LogP contribution is 2.39. The molecule has 1 amide bonds. The summed E-state index contributed by atoms with van der Waals surface area (Å²) in [5.41, 5.74) is 2.24. The minimum atomic E-state index is -1.17. The Labute approximate surface area is 219 Å². The molecular weight excluding hydrogens is 549 g/mol. The number of carbonyl (C=O) groups is 2. The third-order valence-electron chi connectivity index (χ3n) is 6.13. The minimum Gasteiger partial charge on any atom is -0.467 e. The van der Waals surface area contributed by atoms with Gasteiger partial charge in [-0.1, -0.05) is 109 Å². The lowest BCUT2D eigenvalue weighted by molar-refractivity contribution is -0.145. The number of carbonyl (C=O) groups excluding carboxylic acids is 2. The number of nitrogens with one attached hydrogen (secondary N) is 1. The Hall–Kier alpha value is -3.45. The zero-order valence-electron chi connectivity index (χ0n) is 19.4. The van der Waals surface area contributed by atoms with Gasteiger partial charge in [-0.3, -0.25) is 4.79 Å². The van der Waals surface area contributed by atoms with Gasteiger partial charge in [-0.25, -0.2) is 4.79 Å². The van der Waals surface area contributed by atoms with Crippen molar-refractivity contribution in [2.24, 2.45) is 0 Å². The van der Waals surface area contributed by atoms with E-state index < -0.39 is 17.4 Å². The van der Waals surface area contributed by atoms with E-state index in [1.165, 1.54) is 7.11 Å². The first kappa shape index (κ1) is 24.7. The van der Waals surface area contributed by atoms with Crippen molar-refractivity contribution in [1.82, 2.24) is 5.32 Å². The van der Waals surface area contributed by atoms with Crippen LogP contribution in [0, 0.1) is 3.57 Å². The Morgan fingerprint density at radius 2 is 1.17 bits per heavy atom. The minimum absolute atomic E-state index is 0.289. The molecule has 0 heterocycles. The molecule has 4 aromatic carbocycles. The van der Waals surface area contributed by atoms with Crippen LogP contribution in [-0.2, 0) is 26.2 Å². The topological polar surface area (TPSA) is 55.4 Å². The number of amides is 1. The number of hydrogen-bond donors (Lipinski definition) is 1. The maximum Gasteiger partial charge on any atom is 0.328 e. The Morgan fingerprint density at radius 3 is 1.60 bits per heavy atom. The van der Waals surface area contributed by atoms with E-state index in [2.05, 4.69) is 27.9 Å². The highest BCUT2D eigenvalue weighted by atomic mass is 127. The first-order valence-corrected chi connectivity index (χ1v) is 12.4. The molecule has 4 rings (SSSR count). The molecule has 0 aromatic heterocycles. The van der Waals surface area contributed by atoms with Crippen LogP contribution in [0.4, 0.5) is 0 Å². The summed E-state index contributed by atoms with van der Waals surface area (Å²) in [6.07, 6.45) is 0.325. The van der Waals surface area contributed by atoms with Gasteiger partial charge in [-0.05, 0) is 50.9 Å². The van der Waals surface area contributed by atoms with Crippen LogP contribution in [-0.4, -0.2) is 25.0 Å². The summed E-state index contributed by atoms with van der Waals surface area (Å²) in [6.45, 7) is 0. The largest absolute Gasteiger partial charge is 0.467 e. The van der Waals surface area contributed by atoms with Crippen molar-refractivity contribution >= 4 is 34.5 Å². The Morgan fingerprint density at radius 1 is 0.743 bits per heavy atom. The van der Waals surface area contributed by atoms with Crippen LogP contribution in [0.2, 0.25) is 0 Å². The molecule has 0 radical (unpaired) electrons. The molecule has 5 heteroatoms. The molecule has 0 spiro atoms. The highest BCUT2D eigenvalue weighted by molar-refractivity contribution is 14.1. The van der Waals surface area contributed by atoms with Gasteiger partial charge in [-0.2, -0.15) is 0 Å². The van der Waals surface area contributed by atoms with E-state index in [0.717, 1.165) is 25.8 Å². The Balaban J connectivity index is 1.86. The SMILES string of the molecule is COC(=O)[C@@H](Cc1ccccc1I)NC(=O)C(c1ccccc1)(c1ccccc1)c1ccccc1. The third-order valence-corrected chi connectivity index (χ3v) is 7.19. The summed E-state index contributed by atoms with van der Waals surface area (Å²) in [4.78, 5) is 27.3. The standard InChI is InChI=1S/C30H26INO3/c1-35-28(33)27(21-22-13-11-12-20-26(22)31)32-29(34)30(23-14-5-2-6-15-23,24-16-7-3-8-17-24)25-18-9-4-10-19-25/h2-20,27H,21H2,1H3,(H,32,34)/t27-/m1/s1. The molecule has 4 aromatic rings. The maximum atomic E-state index is 14.5. The van der Waals surface area contributed by atoms with Gasteiger partial charge in [0, 0.05) is 9.99 Å². The molecular formula is C30H26INO3. The molecule has 0 aliphatic rings. The normalized spacial score (nSPS) is 11.9. The van der Waals surface area contributed by atoms with E-state index in [4.69, 9.17) is 4.74 Å². The lowest BCUT2D eigenvalue weighted by Gasteiger charge is -2.35. The van der Waals surface area contributed by atoms with Crippen molar-refractivity contribution in [3.63, 3.8) is 0 Å². The molecule has 1 atom stereocenters. The monoisotopic (exact) mass is 575 g/mol. The zero-order chi connectivity index (χ0) is 24.7. The van der Waals surface area contributed by atoms with Gasteiger partial charge < -0.3 is 10.1 Å². The Bertz CT molecular complexity index is 1180. The average molecular weight is 575 g/mol. The predicted molar refractivity (Wildman–Crippen MR) is 146 cm³/mol. The van der Waals surface area contributed by atoms with Crippen molar-refractivity contribution in [2.75, 3.05) is 7.11 Å². The van der Waals surface area contributed by atoms with E-state index in [1.807, 2.05) is 115 Å². The predicted octanol–water partition coefficient (Wildman–Crippen LogP) is 5.53. The molecule has 1 N–H and O–H groups in total. The van der Waals surface area contributed by atoms with E-state index in [0.29, 0.717) is 6.42 Å². The number of halogens is 1. The van der Waals surface area contributed by atoms with Crippen molar-refractivity contribution in [1.29, 1.82) is 0 Å². The highest BCUT2D eigenvalue weighted by Gasteiger charge is 2.45. The smallest absolute Gasteiger partial charge is 0.328 e. The van der Waals surface area contributed by atoms with Crippen LogP contribution in [0.3, 0.4) is 0 Å². The molecule has 176 valence electrons. The molecule has 0 aliphatic heterocycles. The van der Waals surface area contributed by atoms with E-state index in [-0.39, 0.29) is 5.91 Å². The second-order valence-electron chi connectivity index (χ2n) is 8.19. The van der Waals surface area contributed by atoms with Gasteiger partial charge in [0.1, 0.15) is 11.5 Å². The van der Waals surface area contributed by atoms with Crippen molar-refractivity contribution in [2.45, 2.75) is 17.9 Å². The second kappa shape index (κ2) is 11.3. The van der Waals surface area contributed by atoms with Gasteiger partial charge in [0.05, 0.1) is 7.11 Å². The van der Waals surface area contributed by atoms with Crippen LogP contribution in [0.25, 0.3) is 0 Å². The van der Waals surface area contributed by atoms with E-state index in [1.54, 1.807) is 0 Å². The second-order valence-corrected chi connectivity index (χ2v) is 9.36. The summed E-state index contributed by atoms with van der Waals surface area (Å²) in [7, 11) is 1.34. The number of benzene rings is 4. The summed E-state index contributed by atoms with van der Waals surface area (Å²) in [5.74, 6) is -0.775. The van der Waals surface area contributed by atoms with Crippen LogP contribution < -0.4 is 5.32 Å². The van der Waals surface area contributed by atoms with Crippen LogP contribution in [0.15, 0.2) is 115 Å². The van der Waals surface area contributed by atoms with E-state index >= 15 is 0 Å². The molecule has 0 aliphatic carbocycles. The summed E-state index contributed by atoms with van der Waals surface area (Å²) >= 11 is 2.24. The van der Waals surface area contributed by atoms with Crippen LogP contribution in [0.1, 0.15) is 22.3 Å². The molecule has 4 nitrogen and oxygen atoms in total. The summed E-state index contributed by atoms with van der Waals surface area (Å²) in [5, 5.41) is 3.06. The van der Waals surface area contributed by atoms with Crippen molar-refractivity contribution < 1.29 is 14.3 Å².